The molecule has 0 aromatic carbocycles. The van der Waals surface area contributed by atoms with Crippen molar-refractivity contribution < 1.29 is 14.3 Å². The molecule has 2 amide bonds. The number of amides is 2. The molecule has 0 bridgehead atoms. The fourth-order valence-electron chi connectivity index (χ4n) is 1.41. The van der Waals surface area contributed by atoms with Gasteiger partial charge in [0.2, 0.25) is 11.9 Å². The first-order chi connectivity index (χ1) is 8.60. The van der Waals surface area contributed by atoms with E-state index >= 15 is 0 Å². The lowest BCUT2D eigenvalue weighted by Gasteiger charge is -2.18. The lowest BCUT2D eigenvalue weighted by molar-refractivity contribution is -0.130. The van der Waals surface area contributed by atoms with Gasteiger partial charge in [-0.3, -0.25) is 14.9 Å². The summed E-state index contributed by atoms with van der Waals surface area (Å²) < 4.78 is 4.77. The van der Waals surface area contributed by atoms with Crippen LogP contribution in [0.15, 0.2) is 5.10 Å². The molecule has 0 saturated carbocycles. The highest BCUT2D eigenvalue weighted by atomic mass is 16.5. The van der Waals surface area contributed by atoms with Crippen molar-refractivity contribution in [3.05, 3.63) is 0 Å². The molecule has 0 unspecified atom stereocenters. The third-order valence-corrected chi connectivity index (χ3v) is 2.35. The summed E-state index contributed by atoms with van der Waals surface area (Å²) in [5.74, 6) is -0.375. The summed E-state index contributed by atoms with van der Waals surface area (Å²) in [5, 5.41) is 13.7. The summed E-state index contributed by atoms with van der Waals surface area (Å²) in [4.78, 5) is 26.9. The monoisotopic (exact) mass is 252 g/mol. The van der Waals surface area contributed by atoms with Crippen molar-refractivity contribution >= 4 is 23.5 Å². The maximum absolute atomic E-state index is 11.8. The number of carbonyl (C=O) groups excluding carboxylic acids is 2. The first-order valence-corrected chi connectivity index (χ1v) is 5.22. The number of hydrogen-bond acceptors (Lipinski definition) is 6. The third-order valence-electron chi connectivity index (χ3n) is 2.35. The Morgan fingerprint density at radius 3 is 2.89 bits per heavy atom. The molecule has 2 rings (SSSR count). The van der Waals surface area contributed by atoms with Gasteiger partial charge in [-0.2, -0.15) is 10.1 Å². The Kier molecular flexibility index (Phi) is 3.22. The molecule has 18 heavy (non-hydrogen) atoms. The maximum atomic E-state index is 11.8. The molecule has 0 atom stereocenters. The molecule has 2 N–H and O–H groups in total. The van der Waals surface area contributed by atoms with Crippen LogP contribution in [-0.4, -0.2) is 51.9 Å². The van der Waals surface area contributed by atoms with E-state index in [1.807, 2.05) is 0 Å². The number of H-pyrrole nitrogens is 1. The Bertz CT molecular complexity index is 508. The van der Waals surface area contributed by atoms with E-state index in [9.17, 15) is 9.59 Å². The van der Waals surface area contributed by atoms with Crippen LogP contribution >= 0.6 is 0 Å². The number of hydrazone groups is 1. The molecular weight excluding hydrogens is 240 g/mol. The van der Waals surface area contributed by atoms with E-state index in [1.54, 1.807) is 0 Å². The second-order valence-electron chi connectivity index (χ2n) is 3.59. The molecule has 1 aromatic heterocycles. The van der Waals surface area contributed by atoms with Gasteiger partial charge >= 0.3 is 6.01 Å². The first-order valence-electron chi connectivity index (χ1n) is 5.22. The average Bonchev–Trinajstić information content (AvgIpc) is 2.80. The van der Waals surface area contributed by atoms with Gasteiger partial charge < -0.3 is 4.74 Å². The number of aromatic amines is 1. The van der Waals surface area contributed by atoms with E-state index in [4.69, 9.17) is 4.74 Å². The van der Waals surface area contributed by atoms with Crippen LogP contribution in [0.3, 0.4) is 0 Å². The number of aromatic nitrogens is 3. The van der Waals surface area contributed by atoms with Crippen LogP contribution in [0, 0.1) is 0 Å². The minimum absolute atomic E-state index is 0.118. The summed E-state index contributed by atoms with van der Waals surface area (Å²) in [5.41, 5.74) is 0.271. The summed E-state index contributed by atoms with van der Waals surface area (Å²) in [6, 6.07) is 0.128. The average molecular weight is 252 g/mol. The second kappa shape index (κ2) is 4.82. The topological polar surface area (TPSA) is 113 Å². The van der Waals surface area contributed by atoms with Gasteiger partial charge in [0.05, 0.1) is 7.11 Å². The Labute approximate surface area is 102 Å². The van der Waals surface area contributed by atoms with Gasteiger partial charge in [-0.25, -0.2) is 10.1 Å². The van der Waals surface area contributed by atoms with E-state index < -0.39 is 5.91 Å². The van der Waals surface area contributed by atoms with Crippen LogP contribution in [0.4, 0.5) is 5.95 Å². The van der Waals surface area contributed by atoms with Crippen molar-refractivity contribution in [1.82, 2.24) is 20.2 Å². The lowest BCUT2D eigenvalue weighted by Crippen LogP contribution is -2.34. The fraction of sp³-hybridized carbons (Fsp3) is 0.444. The number of hydrogen-bond donors (Lipinski definition) is 2. The van der Waals surface area contributed by atoms with Crippen molar-refractivity contribution in [2.24, 2.45) is 5.10 Å². The lowest BCUT2D eigenvalue weighted by atomic mass is 10.1. The van der Waals surface area contributed by atoms with Gasteiger partial charge in [-0.05, 0) is 0 Å². The maximum Gasteiger partial charge on any atom is 0.336 e. The van der Waals surface area contributed by atoms with Crippen LogP contribution in [0.25, 0.3) is 0 Å². The van der Waals surface area contributed by atoms with E-state index in [2.05, 4.69) is 25.6 Å². The molecule has 2 heterocycles. The fourth-order valence-corrected chi connectivity index (χ4v) is 1.41. The summed E-state index contributed by atoms with van der Waals surface area (Å²) in [6.07, 6.45) is 0.572. The van der Waals surface area contributed by atoms with E-state index in [-0.39, 0.29) is 30.0 Å². The molecule has 0 aliphatic carbocycles. The molecule has 96 valence electrons. The molecule has 9 heteroatoms. The van der Waals surface area contributed by atoms with Gasteiger partial charge in [-0.15, -0.1) is 5.10 Å². The number of ether oxygens (including phenoxy) is 1. The normalized spacial score (nSPS) is 15.3. The van der Waals surface area contributed by atoms with Crippen molar-refractivity contribution in [1.29, 1.82) is 0 Å². The Hall–Kier alpha value is -2.45. The number of nitrogens with zero attached hydrogens (tertiary/aromatic N) is 4. The van der Waals surface area contributed by atoms with Crippen molar-refractivity contribution in [2.75, 3.05) is 19.5 Å². The zero-order chi connectivity index (χ0) is 13.1. The van der Waals surface area contributed by atoms with Crippen LogP contribution in [0.5, 0.6) is 6.01 Å². The van der Waals surface area contributed by atoms with E-state index in [1.165, 1.54) is 14.2 Å². The van der Waals surface area contributed by atoms with Gasteiger partial charge in [0.25, 0.3) is 5.91 Å². The van der Waals surface area contributed by atoms with Crippen LogP contribution in [0.1, 0.15) is 12.8 Å². The number of anilines is 1. The highest BCUT2D eigenvalue weighted by molar-refractivity contribution is 6.43. The number of nitrogens with one attached hydrogen (secondary N) is 2. The van der Waals surface area contributed by atoms with Gasteiger partial charge in [0.15, 0.2) is 0 Å². The highest BCUT2D eigenvalue weighted by Crippen LogP contribution is 2.09. The van der Waals surface area contributed by atoms with Gasteiger partial charge in [0.1, 0.15) is 5.71 Å². The zero-order valence-electron chi connectivity index (χ0n) is 9.93. The smallest absolute Gasteiger partial charge is 0.336 e. The van der Waals surface area contributed by atoms with E-state index in [0.717, 1.165) is 5.01 Å². The summed E-state index contributed by atoms with van der Waals surface area (Å²) >= 11 is 0. The molecule has 1 aliphatic heterocycles. The second-order valence-corrected chi connectivity index (χ2v) is 3.59. The molecule has 1 aromatic rings. The largest absolute Gasteiger partial charge is 0.466 e. The number of rotatable bonds is 3. The minimum Gasteiger partial charge on any atom is -0.466 e. The SMILES string of the molecule is COc1n[nH]c(NC(=O)C2=NN(C)C(=O)CC2)n1. The highest BCUT2D eigenvalue weighted by Gasteiger charge is 2.22. The Morgan fingerprint density at radius 1 is 1.50 bits per heavy atom. The quantitative estimate of drug-likeness (QED) is 0.743. The van der Waals surface area contributed by atoms with Gasteiger partial charge in [-0.1, -0.05) is 0 Å². The number of carbonyl (C=O) groups is 2. The molecule has 0 radical (unpaired) electrons. The first kappa shape index (κ1) is 12.0. The number of methoxy groups -OCH3 is 1. The molecule has 0 saturated heterocycles. The summed E-state index contributed by atoms with van der Waals surface area (Å²) in [6.45, 7) is 0. The van der Waals surface area contributed by atoms with Crippen LogP contribution < -0.4 is 10.1 Å². The van der Waals surface area contributed by atoms with Crippen LogP contribution in [0.2, 0.25) is 0 Å². The predicted octanol–water partition coefficient (Wildman–Crippen LogP) is -0.640. The molecule has 0 spiro atoms. The van der Waals surface area contributed by atoms with Crippen LogP contribution in [-0.2, 0) is 9.59 Å². The predicted molar refractivity (Wildman–Crippen MR) is 61.0 cm³/mol. The summed E-state index contributed by atoms with van der Waals surface area (Å²) in [7, 11) is 2.92. The standard InChI is InChI=1S/C9H12N6O3/c1-15-6(16)4-3-5(14-15)7(17)10-8-11-9(18-2)13-12-8/h3-4H2,1-2H3,(H2,10,11,12,13,17). The molecule has 9 nitrogen and oxygen atoms in total. The van der Waals surface area contributed by atoms with E-state index in [0.29, 0.717) is 6.42 Å². The van der Waals surface area contributed by atoms with Crippen molar-refractivity contribution in [3.8, 4) is 6.01 Å². The molecule has 0 fully saturated rings. The molecule has 1 aliphatic rings. The van der Waals surface area contributed by atoms with Crippen molar-refractivity contribution in [2.45, 2.75) is 12.8 Å². The molecular formula is C9H12N6O3. The van der Waals surface area contributed by atoms with Crippen molar-refractivity contribution in [3.63, 3.8) is 0 Å². The third kappa shape index (κ3) is 2.44. The Morgan fingerprint density at radius 2 is 2.28 bits per heavy atom. The van der Waals surface area contributed by atoms with Gasteiger partial charge in [0, 0.05) is 19.9 Å². The zero-order valence-corrected chi connectivity index (χ0v) is 9.93. The minimum atomic E-state index is -0.423. The Balaban J connectivity index is 2.04.